The molecule has 0 aromatic heterocycles. The lowest BCUT2D eigenvalue weighted by Gasteiger charge is -2.10. The molecule has 0 bridgehead atoms. The molecule has 4 nitrogen and oxygen atoms in total. The average molecular weight is 234 g/mol. The molecule has 0 atom stereocenters. The standard InChI is InChI=1S/C13H18N2O2/c1-4-5-13(17)15-12-8-11(14-10(3)16)7-6-9(12)2/h6-8H,4-5H2,1-3H3,(H,14,16)(H,15,17). The molecule has 2 N–H and O–H groups in total. The lowest BCUT2D eigenvalue weighted by Crippen LogP contribution is -2.12. The fourth-order valence-electron chi connectivity index (χ4n) is 1.48. The number of benzene rings is 1. The summed E-state index contributed by atoms with van der Waals surface area (Å²) in [6.45, 7) is 5.33. The molecule has 0 aliphatic carbocycles. The van der Waals surface area contributed by atoms with Crippen molar-refractivity contribution in [3.05, 3.63) is 23.8 Å². The van der Waals surface area contributed by atoms with E-state index in [1.165, 1.54) is 6.92 Å². The van der Waals surface area contributed by atoms with Crippen LogP contribution < -0.4 is 10.6 Å². The molecule has 2 amide bonds. The van der Waals surface area contributed by atoms with Gasteiger partial charge in [0, 0.05) is 24.7 Å². The molecule has 4 heteroatoms. The van der Waals surface area contributed by atoms with Crippen LogP contribution in [0.3, 0.4) is 0 Å². The van der Waals surface area contributed by atoms with Gasteiger partial charge in [0.25, 0.3) is 0 Å². The molecule has 0 spiro atoms. The van der Waals surface area contributed by atoms with Gasteiger partial charge >= 0.3 is 0 Å². The summed E-state index contributed by atoms with van der Waals surface area (Å²) in [5.74, 6) is -0.129. The Hall–Kier alpha value is -1.84. The monoisotopic (exact) mass is 234 g/mol. The summed E-state index contributed by atoms with van der Waals surface area (Å²) in [6, 6.07) is 5.45. The summed E-state index contributed by atoms with van der Waals surface area (Å²) in [6.07, 6.45) is 1.32. The Labute approximate surface area is 101 Å². The number of nitrogens with one attached hydrogen (secondary N) is 2. The van der Waals surface area contributed by atoms with E-state index in [1.807, 2.05) is 26.0 Å². The van der Waals surface area contributed by atoms with Gasteiger partial charge in [-0.3, -0.25) is 9.59 Å². The van der Waals surface area contributed by atoms with E-state index in [0.29, 0.717) is 12.1 Å². The second-order valence-corrected chi connectivity index (χ2v) is 4.01. The Morgan fingerprint density at radius 3 is 2.53 bits per heavy atom. The summed E-state index contributed by atoms with van der Waals surface area (Å²) in [5.41, 5.74) is 2.41. The molecule has 0 aliphatic rings. The Kier molecular flexibility index (Phi) is 4.69. The van der Waals surface area contributed by atoms with E-state index in [2.05, 4.69) is 10.6 Å². The van der Waals surface area contributed by atoms with E-state index in [9.17, 15) is 9.59 Å². The van der Waals surface area contributed by atoms with Crippen LogP contribution in [-0.2, 0) is 9.59 Å². The highest BCUT2D eigenvalue weighted by molar-refractivity contribution is 5.94. The average Bonchev–Trinajstić information content (AvgIpc) is 2.22. The van der Waals surface area contributed by atoms with Crippen molar-refractivity contribution in [3.63, 3.8) is 0 Å². The van der Waals surface area contributed by atoms with Gasteiger partial charge in [-0.2, -0.15) is 0 Å². The minimum Gasteiger partial charge on any atom is -0.326 e. The highest BCUT2D eigenvalue weighted by Gasteiger charge is 2.05. The maximum Gasteiger partial charge on any atom is 0.224 e. The van der Waals surface area contributed by atoms with Gasteiger partial charge in [-0.1, -0.05) is 13.0 Å². The minimum absolute atomic E-state index is 0.00410. The number of aryl methyl sites for hydroxylation is 1. The van der Waals surface area contributed by atoms with Gasteiger partial charge in [-0.15, -0.1) is 0 Å². The lowest BCUT2D eigenvalue weighted by atomic mass is 10.1. The normalized spacial score (nSPS) is 9.82. The molecule has 0 heterocycles. The zero-order chi connectivity index (χ0) is 12.8. The van der Waals surface area contributed by atoms with Crippen LogP contribution in [0.4, 0.5) is 11.4 Å². The number of hydrogen-bond donors (Lipinski definition) is 2. The second-order valence-electron chi connectivity index (χ2n) is 4.01. The SMILES string of the molecule is CCCC(=O)Nc1cc(NC(C)=O)ccc1C. The van der Waals surface area contributed by atoms with Gasteiger partial charge in [-0.05, 0) is 31.0 Å². The van der Waals surface area contributed by atoms with Crippen molar-refractivity contribution in [2.75, 3.05) is 10.6 Å². The van der Waals surface area contributed by atoms with Gasteiger partial charge in [-0.25, -0.2) is 0 Å². The summed E-state index contributed by atoms with van der Waals surface area (Å²) in [4.78, 5) is 22.4. The third-order valence-corrected chi connectivity index (χ3v) is 2.31. The molecule has 0 saturated heterocycles. The van der Waals surface area contributed by atoms with Crippen LogP contribution in [0, 0.1) is 6.92 Å². The van der Waals surface area contributed by atoms with Gasteiger partial charge in [0.2, 0.25) is 11.8 Å². The predicted molar refractivity (Wildman–Crippen MR) is 69.0 cm³/mol. The molecule has 0 fully saturated rings. The molecule has 0 radical (unpaired) electrons. The molecule has 0 saturated carbocycles. The zero-order valence-corrected chi connectivity index (χ0v) is 10.5. The zero-order valence-electron chi connectivity index (χ0n) is 10.5. The number of anilines is 2. The summed E-state index contributed by atoms with van der Waals surface area (Å²) < 4.78 is 0. The molecule has 1 aromatic rings. The molecular formula is C13H18N2O2. The van der Waals surface area contributed by atoms with Crippen LogP contribution in [0.1, 0.15) is 32.3 Å². The van der Waals surface area contributed by atoms with Gasteiger partial charge in [0.15, 0.2) is 0 Å². The van der Waals surface area contributed by atoms with Crippen LogP contribution in [-0.4, -0.2) is 11.8 Å². The molecule has 1 rings (SSSR count). The van der Waals surface area contributed by atoms with Crippen molar-refractivity contribution in [1.82, 2.24) is 0 Å². The van der Waals surface area contributed by atoms with E-state index in [0.717, 1.165) is 17.7 Å². The first-order valence-electron chi connectivity index (χ1n) is 5.71. The summed E-state index contributed by atoms with van der Waals surface area (Å²) in [7, 11) is 0. The highest BCUT2D eigenvalue weighted by Crippen LogP contribution is 2.20. The lowest BCUT2D eigenvalue weighted by molar-refractivity contribution is -0.116. The maximum absolute atomic E-state index is 11.5. The van der Waals surface area contributed by atoms with Crippen LogP contribution in [0.2, 0.25) is 0 Å². The number of rotatable bonds is 4. The maximum atomic E-state index is 11.5. The smallest absolute Gasteiger partial charge is 0.224 e. The molecule has 0 unspecified atom stereocenters. The quantitative estimate of drug-likeness (QED) is 0.841. The Balaban J connectivity index is 2.83. The third-order valence-electron chi connectivity index (χ3n) is 2.31. The fourth-order valence-corrected chi connectivity index (χ4v) is 1.48. The van der Waals surface area contributed by atoms with Crippen molar-refractivity contribution in [2.24, 2.45) is 0 Å². The Morgan fingerprint density at radius 2 is 1.94 bits per heavy atom. The molecule has 1 aromatic carbocycles. The van der Waals surface area contributed by atoms with Crippen LogP contribution in [0.25, 0.3) is 0 Å². The first kappa shape index (κ1) is 13.2. The van der Waals surface area contributed by atoms with E-state index < -0.39 is 0 Å². The minimum atomic E-state index is -0.125. The summed E-state index contributed by atoms with van der Waals surface area (Å²) in [5, 5.41) is 5.52. The van der Waals surface area contributed by atoms with Crippen molar-refractivity contribution < 1.29 is 9.59 Å². The van der Waals surface area contributed by atoms with E-state index >= 15 is 0 Å². The van der Waals surface area contributed by atoms with Crippen molar-refractivity contribution in [3.8, 4) is 0 Å². The molecule has 92 valence electrons. The first-order valence-corrected chi connectivity index (χ1v) is 5.71. The van der Waals surface area contributed by atoms with Gasteiger partial charge in [0.05, 0.1) is 0 Å². The summed E-state index contributed by atoms with van der Waals surface area (Å²) >= 11 is 0. The van der Waals surface area contributed by atoms with Crippen LogP contribution in [0.5, 0.6) is 0 Å². The van der Waals surface area contributed by atoms with E-state index in [-0.39, 0.29) is 11.8 Å². The third kappa shape index (κ3) is 4.26. The van der Waals surface area contributed by atoms with Crippen LogP contribution >= 0.6 is 0 Å². The van der Waals surface area contributed by atoms with Gasteiger partial charge < -0.3 is 10.6 Å². The van der Waals surface area contributed by atoms with Crippen molar-refractivity contribution >= 4 is 23.2 Å². The topological polar surface area (TPSA) is 58.2 Å². The van der Waals surface area contributed by atoms with E-state index in [1.54, 1.807) is 6.07 Å². The van der Waals surface area contributed by atoms with Crippen molar-refractivity contribution in [2.45, 2.75) is 33.6 Å². The van der Waals surface area contributed by atoms with E-state index in [4.69, 9.17) is 0 Å². The first-order chi connectivity index (χ1) is 8.02. The molecule has 0 aliphatic heterocycles. The van der Waals surface area contributed by atoms with Gasteiger partial charge in [0.1, 0.15) is 0 Å². The number of carbonyl (C=O) groups excluding carboxylic acids is 2. The fraction of sp³-hybridized carbons (Fsp3) is 0.385. The van der Waals surface area contributed by atoms with Crippen molar-refractivity contribution in [1.29, 1.82) is 0 Å². The van der Waals surface area contributed by atoms with Crippen LogP contribution in [0.15, 0.2) is 18.2 Å². The largest absolute Gasteiger partial charge is 0.326 e. The predicted octanol–water partition coefficient (Wildman–Crippen LogP) is 2.69. The Bertz CT molecular complexity index is 427. The highest BCUT2D eigenvalue weighted by atomic mass is 16.2. The molecule has 17 heavy (non-hydrogen) atoms. The number of hydrogen-bond acceptors (Lipinski definition) is 2. The number of amides is 2. The Morgan fingerprint density at radius 1 is 1.24 bits per heavy atom. The second kappa shape index (κ2) is 6.03. The molecular weight excluding hydrogens is 216 g/mol. The number of carbonyl (C=O) groups is 2.